The third kappa shape index (κ3) is 12.8. The molecule has 5 rings (SSSR count). The van der Waals surface area contributed by atoms with Crippen molar-refractivity contribution in [3.05, 3.63) is 24.8 Å². The van der Waals surface area contributed by atoms with Gasteiger partial charge >= 0.3 is 20.4 Å². The molecule has 0 amide bonds. The van der Waals surface area contributed by atoms with Crippen molar-refractivity contribution in [2.45, 2.75) is 153 Å². The van der Waals surface area contributed by atoms with Gasteiger partial charge in [0, 0.05) is 49.0 Å². The Bertz CT molecular complexity index is 666. The van der Waals surface area contributed by atoms with E-state index in [1.54, 1.807) is 24.8 Å². The summed E-state index contributed by atoms with van der Waals surface area (Å²) in [5, 5.41) is 0. The first-order chi connectivity index (χ1) is 18.6. The molecule has 0 atom stereocenters. The molecule has 0 spiro atoms. The molecular formula is C30H48N4PdS4. The zero-order chi connectivity index (χ0) is 27.0. The summed E-state index contributed by atoms with van der Waals surface area (Å²) in [6.07, 6.45) is 33.6. The van der Waals surface area contributed by atoms with Crippen LogP contribution in [-0.2, 0) is 45.7 Å². The predicted octanol–water partition coefficient (Wildman–Crippen LogP) is 8.05. The van der Waals surface area contributed by atoms with Gasteiger partial charge in [0.2, 0.25) is 0 Å². The van der Waals surface area contributed by atoms with E-state index < -0.39 is 0 Å². The minimum atomic E-state index is 0. The molecule has 0 aromatic carbocycles. The summed E-state index contributed by atoms with van der Waals surface area (Å²) in [6.45, 7) is 0. The van der Waals surface area contributed by atoms with Gasteiger partial charge in [0.25, 0.3) is 0 Å². The van der Waals surface area contributed by atoms with Crippen molar-refractivity contribution < 1.29 is 20.4 Å². The van der Waals surface area contributed by atoms with E-state index in [-0.39, 0.29) is 20.4 Å². The Morgan fingerprint density at radius 2 is 0.667 bits per heavy atom. The molecular weight excluding hydrogens is 651 g/mol. The summed E-state index contributed by atoms with van der Waals surface area (Å²) in [6, 6.07) is 2.67. The second-order valence-corrected chi connectivity index (χ2v) is 13.5. The van der Waals surface area contributed by atoms with Crippen LogP contribution in [-0.4, -0.2) is 52.6 Å². The van der Waals surface area contributed by atoms with Crippen molar-refractivity contribution in [2.24, 2.45) is 0 Å². The van der Waals surface area contributed by atoms with E-state index in [1.807, 2.05) is 0 Å². The first-order valence-corrected chi connectivity index (χ1v) is 16.9. The van der Waals surface area contributed by atoms with Crippen LogP contribution in [0.15, 0.2) is 24.8 Å². The molecule has 1 heterocycles. The third-order valence-corrected chi connectivity index (χ3v) is 9.61. The third-order valence-electron chi connectivity index (χ3n) is 8.77. The minimum absolute atomic E-state index is 0. The topological polar surface area (TPSA) is 32.3 Å². The summed E-state index contributed by atoms with van der Waals surface area (Å²) in [4.78, 5) is 12.3. The van der Waals surface area contributed by atoms with E-state index in [2.05, 4.69) is 19.8 Å². The van der Waals surface area contributed by atoms with Crippen molar-refractivity contribution in [2.75, 3.05) is 0 Å². The number of hydrogen-bond donors (Lipinski definition) is 0. The Balaban J connectivity index is 0.000000221. The molecule has 222 valence electrons. The van der Waals surface area contributed by atoms with Gasteiger partial charge in [-0.05, 0) is 51.4 Å². The van der Waals surface area contributed by atoms with Gasteiger partial charge in [-0.3, -0.25) is 9.97 Å². The summed E-state index contributed by atoms with van der Waals surface area (Å²) in [5.74, 6) is 0. The van der Waals surface area contributed by atoms with E-state index in [4.69, 9.17) is 49.7 Å². The maximum atomic E-state index is 5.32. The van der Waals surface area contributed by atoms with E-state index >= 15 is 0 Å². The van der Waals surface area contributed by atoms with E-state index in [9.17, 15) is 0 Å². The minimum Gasteiger partial charge on any atom is -0.411 e. The Labute approximate surface area is 274 Å². The largest absolute Gasteiger partial charge is 2.00 e. The average molecular weight is 699 g/mol. The number of hydrogen-bond acceptors (Lipinski definition) is 6. The van der Waals surface area contributed by atoms with Crippen LogP contribution >= 0.6 is 24.4 Å². The normalized spacial score (nSPS) is 21.1. The molecule has 0 bridgehead atoms. The van der Waals surface area contributed by atoms with Gasteiger partial charge in [0.15, 0.2) is 0 Å². The molecule has 1 aromatic rings. The second-order valence-electron chi connectivity index (χ2n) is 11.4. The fraction of sp³-hybridized carbons (Fsp3) is 0.800. The molecule has 0 unspecified atom stereocenters. The summed E-state index contributed by atoms with van der Waals surface area (Å²) >= 11 is 21.3. The molecule has 39 heavy (non-hydrogen) atoms. The first kappa shape index (κ1) is 35.2. The van der Waals surface area contributed by atoms with E-state index in [1.165, 1.54) is 128 Å². The van der Waals surface area contributed by atoms with Crippen LogP contribution < -0.4 is 0 Å². The average Bonchev–Trinajstić information content (AvgIpc) is 2.97. The van der Waals surface area contributed by atoms with Gasteiger partial charge in [0.05, 0.1) is 0 Å². The second kappa shape index (κ2) is 20.8. The molecule has 4 nitrogen and oxygen atoms in total. The standard InChI is InChI=1S/2C13H23NS2.C4H4N2.Pd/c2*15-13(16)14(11-7-3-1-4-8-11)12-9-5-2-6-10-12;1-2-6-4-3-5-1;/h2*11-12H,1-10H2,(H,15,16);1-4H;/q;;;+2/p-2. The van der Waals surface area contributed by atoms with Crippen molar-refractivity contribution in [3.63, 3.8) is 0 Å². The molecule has 4 aliphatic carbocycles. The summed E-state index contributed by atoms with van der Waals surface area (Å²) < 4.78 is 1.47. The number of aromatic nitrogens is 2. The summed E-state index contributed by atoms with van der Waals surface area (Å²) in [5.41, 5.74) is 0. The van der Waals surface area contributed by atoms with Crippen LogP contribution in [0.4, 0.5) is 0 Å². The van der Waals surface area contributed by atoms with Gasteiger partial charge in [-0.25, -0.2) is 0 Å². The maximum Gasteiger partial charge on any atom is 2.00 e. The number of thiocarbonyl (C=S) groups is 2. The van der Waals surface area contributed by atoms with Crippen LogP contribution in [0.5, 0.6) is 0 Å². The molecule has 1 aromatic heterocycles. The maximum absolute atomic E-state index is 5.32. The molecule has 0 aliphatic heterocycles. The van der Waals surface area contributed by atoms with Crippen molar-refractivity contribution >= 4 is 58.3 Å². The fourth-order valence-corrected chi connectivity index (χ4v) is 8.08. The monoisotopic (exact) mass is 698 g/mol. The zero-order valence-corrected chi connectivity index (χ0v) is 28.3. The van der Waals surface area contributed by atoms with Crippen LogP contribution in [0.3, 0.4) is 0 Å². The van der Waals surface area contributed by atoms with Crippen molar-refractivity contribution in [1.29, 1.82) is 0 Å². The Kier molecular flexibility index (Phi) is 18.7. The molecule has 4 fully saturated rings. The van der Waals surface area contributed by atoms with Gasteiger partial charge in [-0.15, -0.1) is 0 Å². The predicted molar refractivity (Wildman–Crippen MR) is 173 cm³/mol. The zero-order valence-electron chi connectivity index (χ0n) is 23.5. The van der Waals surface area contributed by atoms with Crippen molar-refractivity contribution in [1.82, 2.24) is 19.8 Å². The Hall–Kier alpha value is -0.0377. The molecule has 4 saturated carbocycles. The molecule has 4 aliphatic rings. The van der Waals surface area contributed by atoms with Crippen LogP contribution in [0.1, 0.15) is 128 Å². The number of rotatable bonds is 4. The van der Waals surface area contributed by atoms with E-state index in [0.29, 0.717) is 24.2 Å². The molecule has 9 heteroatoms. The Morgan fingerprint density at radius 3 is 0.821 bits per heavy atom. The Morgan fingerprint density at radius 1 is 0.462 bits per heavy atom. The van der Waals surface area contributed by atoms with Crippen LogP contribution in [0.25, 0.3) is 0 Å². The fourth-order valence-electron chi connectivity index (χ4n) is 6.88. The van der Waals surface area contributed by atoms with Crippen LogP contribution in [0, 0.1) is 0 Å². The van der Waals surface area contributed by atoms with Gasteiger partial charge in [0.1, 0.15) is 0 Å². The molecule has 0 saturated heterocycles. The van der Waals surface area contributed by atoms with Crippen molar-refractivity contribution in [3.8, 4) is 0 Å². The van der Waals surface area contributed by atoms with E-state index in [0.717, 1.165) is 8.64 Å². The van der Waals surface area contributed by atoms with Crippen LogP contribution in [0.2, 0.25) is 0 Å². The molecule has 0 N–H and O–H groups in total. The first-order valence-electron chi connectivity index (χ1n) is 15.3. The summed E-state index contributed by atoms with van der Waals surface area (Å²) in [7, 11) is 0. The number of nitrogens with zero attached hydrogens (tertiary/aromatic N) is 4. The molecule has 0 radical (unpaired) electrons. The SMILES string of the molecule is S=C([S-])N(C1CCCCC1)C1CCCCC1.S=C([S-])N(C1CCCCC1)C1CCCCC1.[Pd+2].c1cnccn1. The smallest absolute Gasteiger partial charge is 0.411 e. The van der Waals surface area contributed by atoms with Gasteiger partial charge in [-0.1, -0.05) is 85.7 Å². The van der Waals surface area contributed by atoms with Gasteiger partial charge < -0.3 is 59.5 Å². The quantitative estimate of drug-likeness (QED) is 0.178. The van der Waals surface area contributed by atoms with Gasteiger partial charge in [-0.2, -0.15) is 0 Å².